The van der Waals surface area contributed by atoms with Crippen LogP contribution in [0.15, 0.2) is 23.9 Å². The van der Waals surface area contributed by atoms with Gasteiger partial charge in [0, 0.05) is 19.2 Å². The molecule has 0 spiro atoms. The van der Waals surface area contributed by atoms with Crippen molar-refractivity contribution in [3.8, 4) is 0 Å². The van der Waals surface area contributed by atoms with Crippen LogP contribution < -0.4 is 5.32 Å². The molecule has 1 atom stereocenters. The Balaban J connectivity index is 1.68. The third-order valence-corrected chi connectivity index (χ3v) is 3.83. The second kappa shape index (κ2) is 7.27. The Morgan fingerprint density at radius 1 is 1.50 bits per heavy atom. The first-order valence-electron chi connectivity index (χ1n) is 7.61. The van der Waals surface area contributed by atoms with Gasteiger partial charge in [-0.1, -0.05) is 11.6 Å². The maximum absolute atomic E-state index is 11.9. The standard InChI is InChI=1S/C16H25N3O/c1-13-9-11-19(18-13)14(2)12-16(20)17-10-8-15-6-4-3-5-7-15/h6,9,11,14H,3-5,7-8,10,12H2,1-2H3,(H,17,20)/t14-/m1/s1. The summed E-state index contributed by atoms with van der Waals surface area (Å²) in [6.07, 6.45) is 10.8. The Bertz CT molecular complexity index is 476. The summed E-state index contributed by atoms with van der Waals surface area (Å²) in [7, 11) is 0. The van der Waals surface area contributed by atoms with Crippen molar-refractivity contribution < 1.29 is 4.79 Å². The van der Waals surface area contributed by atoms with Crippen LogP contribution in [0.5, 0.6) is 0 Å². The average Bonchev–Trinajstić information content (AvgIpc) is 2.87. The number of rotatable bonds is 6. The number of amides is 1. The maximum atomic E-state index is 11.9. The van der Waals surface area contributed by atoms with E-state index in [1.807, 2.05) is 30.8 Å². The van der Waals surface area contributed by atoms with Gasteiger partial charge in [-0.15, -0.1) is 0 Å². The van der Waals surface area contributed by atoms with E-state index < -0.39 is 0 Å². The minimum absolute atomic E-state index is 0.109. The largest absolute Gasteiger partial charge is 0.356 e. The molecule has 1 aliphatic carbocycles. The zero-order valence-electron chi connectivity index (χ0n) is 12.6. The lowest BCUT2D eigenvalue weighted by Crippen LogP contribution is -2.27. The summed E-state index contributed by atoms with van der Waals surface area (Å²) in [6.45, 7) is 4.74. The lowest BCUT2D eigenvalue weighted by molar-refractivity contribution is -0.121. The molecule has 0 fully saturated rings. The molecule has 1 amide bonds. The molecule has 0 bridgehead atoms. The van der Waals surface area contributed by atoms with Crippen molar-refractivity contribution in [3.63, 3.8) is 0 Å². The molecule has 4 heteroatoms. The molecule has 0 saturated carbocycles. The number of hydrogen-bond acceptors (Lipinski definition) is 2. The minimum Gasteiger partial charge on any atom is -0.356 e. The van der Waals surface area contributed by atoms with Gasteiger partial charge in [0.05, 0.1) is 11.7 Å². The van der Waals surface area contributed by atoms with Crippen LogP contribution in [0.25, 0.3) is 0 Å². The topological polar surface area (TPSA) is 46.9 Å². The van der Waals surface area contributed by atoms with E-state index >= 15 is 0 Å². The molecule has 0 radical (unpaired) electrons. The van der Waals surface area contributed by atoms with Crippen LogP contribution in [0.4, 0.5) is 0 Å². The lowest BCUT2D eigenvalue weighted by atomic mass is 9.97. The quantitative estimate of drug-likeness (QED) is 0.811. The number of nitrogens with one attached hydrogen (secondary N) is 1. The van der Waals surface area contributed by atoms with Gasteiger partial charge in [-0.3, -0.25) is 9.48 Å². The predicted octanol–water partition coefficient (Wildman–Crippen LogP) is 3.15. The van der Waals surface area contributed by atoms with E-state index in [1.165, 1.54) is 31.3 Å². The van der Waals surface area contributed by atoms with Gasteiger partial charge >= 0.3 is 0 Å². The molecule has 1 N–H and O–H groups in total. The molecule has 0 aliphatic heterocycles. The Kier molecular flexibility index (Phi) is 5.39. The molecule has 1 aliphatic rings. The normalized spacial score (nSPS) is 16.6. The van der Waals surface area contributed by atoms with Crippen LogP contribution in [-0.4, -0.2) is 22.2 Å². The molecule has 20 heavy (non-hydrogen) atoms. The van der Waals surface area contributed by atoms with E-state index in [2.05, 4.69) is 16.5 Å². The molecule has 0 unspecified atom stereocenters. The smallest absolute Gasteiger partial charge is 0.222 e. The second-order valence-electron chi connectivity index (χ2n) is 5.70. The fraction of sp³-hybridized carbons (Fsp3) is 0.625. The summed E-state index contributed by atoms with van der Waals surface area (Å²) < 4.78 is 1.86. The SMILES string of the molecule is Cc1ccn([C@H](C)CC(=O)NCCC2=CCCCC2)n1. The third-order valence-electron chi connectivity index (χ3n) is 3.83. The number of carbonyl (C=O) groups is 1. The van der Waals surface area contributed by atoms with E-state index in [0.29, 0.717) is 6.42 Å². The van der Waals surface area contributed by atoms with Crippen molar-refractivity contribution in [2.24, 2.45) is 0 Å². The molecule has 1 aromatic heterocycles. The molecular weight excluding hydrogens is 250 g/mol. The monoisotopic (exact) mass is 275 g/mol. The fourth-order valence-electron chi connectivity index (χ4n) is 2.61. The summed E-state index contributed by atoms with van der Waals surface area (Å²) in [5.74, 6) is 0.113. The van der Waals surface area contributed by atoms with Crippen LogP contribution in [0.3, 0.4) is 0 Å². The molecule has 1 aromatic rings. The molecule has 0 saturated heterocycles. The molecule has 1 heterocycles. The average molecular weight is 275 g/mol. The highest BCUT2D eigenvalue weighted by Gasteiger charge is 2.11. The van der Waals surface area contributed by atoms with E-state index in [1.54, 1.807) is 0 Å². The molecule has 110 valence electrons. The van der Waals surface area contributed by atoms with E-state index in [4.69, 9.17) is 0 Å². The van der Waals surface area contributed by atoms with Crippen LogP contribution in [-0.2, 0) is 4.79 Å². The van der Waals surface area contributed by atoms with Crippen LogP contribution in [0.2, 0.25) is 0 Å². The number of aryl methyl sites for hydroxylation is 1. The third kappa shape index (κ3) is 4.51. The van der Waals surface area contributed by atoms with E-state index in [9.17, 15) is 4.79 Å². The van der Waals surface area contributed by atoms with E-state index in [-0.39, 0.29) is 11.9 Å². The lowest BCUT2D eigenvalue weighted by Gasteiger charge is -2.14. The van der Waals surface area contributed by atoms with Gasteiger partial charge in [0.2, 0.25) is 5.91 Å². The first kappa shape index (κ1) is 14.8. The van der Waals surface area contributed by atoms with Crippen molar-refractivity contribution in [1.29, 1.82) is 0 Å². The summed E-state index contributed by atoms with van der Waals surface area (Å²) in [6, 6.07) is 2.07. The highest BCUT2D eigenvalue weighted by atomic mass is 16.1. The van der Waals surface area contributed by atoms with Crippen molar-refractivity contribution in [3.05, 3.63) is 29.6 Å². The van der Waals surface area contributed by atoms with Gasteiger partial charge in [-0.25, -0.2) is 0 Å². The molecule has 2 rings (SSSR count). The van der Waals surface area contributed by atoms with Crippen molar-refractivity contribution in [1.82, 2.24) is 15.1 Å². The maximum Gasteiger partial charge on any atom is 0.222 e. The van der Waals surface area contributed by atoms with Crippen molar-refractivity contribution >= 4 is 5.91 Å². The van der Waals surface area contributed by atoms with E-state index in [0.717, 1.165) is 18.7 Å². The fourth-order valence-corrected chi connectivity index (χ4v) is 2.61. The number of carbonyl (C=O) groups excluding carboxylic acids is 1. The number of allylic oxidation sites excluding steroid dienone is 1. The van der Waals surface area contributed by atoms with Gasteiger partial charge in [0.1, 0.15) is 0 Å². The zero-order chi connectivity index (χ0) is 14.4. The van der Waals surface area contributed by atoms with Crippen LogP contribution >= 0.6 is 0 Å². The number of hydrogen-bond donors (Lipinski definition) is 1. The first-order valence-corrected chi connectivity index (χ1v) is 7.61. The first-order chi connectivity index (χ1) is 9.65. The Morgan fingerprint density at radius 3 is 3.00 bits per heavy atom. The molecule has 0 aromatic carbocycles. The van der Waals surface area contributed by atoms with Gasteiger partial charge < -0.3 is 5.32 Å². The van der Waals surface area contributed by atoms with Crippen LogP contribution in [0.1, 0.15) is 57.2 Å². The van der Waals surface area contributed by atoms with Gasteiger partial charge in [-0.05, 0) is 52.0 Å². The minimum atomic E-state index is 0.109. The summed E-state index contributed by atoms with van der Waals surface area (Å²) >= 11 is 0. The summed E-state index contributed by atoms with van der Waals surface area (Å²) in [5, 5.41) is 7.36. The predicted molar refractivity (Wildman–Crippen MR) is 80.5 cm³/mol. The number of nitrogens with zero attached hydrogens (tertiary/aromatic N) is 2. The van der Waals surface area contributed by atoms with Crippen molar-refractivity contribution in [2.75, 3.05) is 6.54 Å². The van der Waals surface area contributed by atoms with Crippen molar-refractivity contribution in [2.45, 2.75) is 58.4 Å². The highest BCUT2D eigenvalue weighted by Crippen LogP contribution is 2.19. The van der Waals surface area contributed by atoms with Crippen LogP contribution in [0, 0.1) is 6.92 Å². The summed E-state index contributed by atoms with van der Waals surface area (Å²) in [5.41, 5.74) is 2.49. The number of aromatic nitrogens is 2. The Labute approximate surface area is 121 Å². The molecule has 4 nitrogen and oxygen atoms in total. The summed E-state index contributed by atoms with van der Waals surface area (Å²) in [4.78, 5) is 11.9. The Morgan fingerprint density at radius 2 is 2.35 bits per heavy atom. The van der Waals surface area contributed by atoms with Gasteiger partial charge in [0.15, 0.2) is 0 Å². The highest BCUT2D eigenvalue weighted by molar-refractivity contribution is 5.76. The second-order valence-corrected chi connectivity index (χ2v) is 5.70. The van der Waals surface area contributed by atoms with Gasteiger partial charge in [0.25, 0.3) is 0 Å². The molecular formula is C16H25N3O. The zero-order valence-corrected chi connectivity index (χ0v) is 12.6. The van der Waals surface area contributed by atoms with Gasteiger partial charge in [-0.2, -0.15) is 5.10 Å². The Hall–Kier alpha value is -1.58.